The average Bonchev–Trinajstić information content (AvgIpc) is 2.53. The monoisotopic (exact) mass is 340 g/mol. The van der Waals surface area contributed by atoms with Crippen molar-refractivity contribution in [2.24, 2.45) is 17.8 Å². The second-order valence-corrected chi connectivity index (χ2v) is 9.85. The minimum atomic E-state index is -0.0307. The maximum atomic E-state index is 12.6. The second-order valence-electron chi connectivity index (χ2n) is 8.04. The van der Waals surface area contributed by atoms with Gasteiger partial charge < -0.3 is 5.32 Å². The number of nitrogens with one attached hydrogen (secondary N) is 1. The molecular weight excluding hydrogens is 316 g/mol. The van der Waals surface area contributed by atoms with Gasteiger partial charge in [-0.05, 0) is 87.5 Å². The lowest BCUT2D eigenvalue weighted by Gasteiger charge is -2.57. The predicted octanol–water partition coefficient (Wildman–Crippen LogP) is 4.59. The maximum Gasteiger partial charge on any atom is 0.237 e. The van der Waals surface area contributed by atoms with E-state index in [1.807, 2.05) is 18.7 Å². The number of rotatable bonds is 4. The van der Waals surface area contributed by atoms with Gasteiger partial charge in [-0.1, -0.05) is 0 Å². The van der Waals surface area contributed by atoms with E-state index >= 15 is 0 Å². The standard InChI is InChI=1S/C20H24N2OS/c1-13(19(23)22-18-4-2-14(12-21)3-5-18)24-20-9-15-6-16(10-20)8-17(7-15)11-20/h2-5,13,15-17H,6-11H2,1H3,(H,22,23)/t13-,15?,16?,17?,20?/m0/s1. The molecule has 0 unspecified atom stereocenters. The molecule has 4 bridgehead atoms. The molecule has 0 heterocycles. The first-order chi connectivity index (χ1) is 11.5. The summed E-state index contributed by atoms with van der Waals surface area (Å²) in [6, 6.07) is 9.19. The van der Waals surface area contributed by atoms with Crippen molar-refractivity contribution in [3.05, 3.63) is 29.8 Å². The molecule has 1 amide bonds. The molecule has 0 aromatic heterocycles. The van der Waals surface area contributed by atoms with Crippen LogP contribution in [0.5, 0.6) is 0 Å². The highest BCUT2D eigenvalue weighted by Crippen LogP contribution is 2.61. The van der Waals surface area contributed by atoms with Crippen LogP contribution in [0.25, 0.3) is 0 Å². The average molecular weight is 340 g/mol. The van der Waals surface area contributed by atoms with Gasteiger partial charge in [-0.3, -0.25) is 4.79 Å². The molecule has 4 aliphatic carbocycles. The Morgan fingerprint density at radius 2 is 1.71 bits per heavy atom. The summed E-state index contributed by atoms with van der Waals surface area (Å²) in [5.74, 6) is 2.83. The van der Waals surface area contributed by atoms with Gasteiger partial charge in [0, 0.05) is 10.4 Å². The van der Waals surface area contributed by atoms with Gasteiger partial charge in [-0.15, -0.1) is 11.8 Å². The number of amides is 1. The van der Waals surface area contributed by atoms with Crippen molar-refractivity contribution in [1.82, 2.24) is 0 Å². The van der Waals surface area contributed by atoms with E-state index in [0.29, 0.717) is 10.3 Å². The number of anilines is 1. The zero-order valence-electron chi connectivity index (χ0n) is 14.1. The molecule has 3 nitrogen and oxygen atoms in total. The molecule has 0 spiro atoms. The quantitative estimate of drug-likeness (QED) is 0.872. The van der Waals surface area contributed by atoms with E-state index in [1.54, 1.807) is 24.3 Å². The summed E-state index contributed by atoms with van der Waals surface area (Å²) in [5.41, 5.74) is 1.39. The van der Waals surface area contributed by atoms with Crippen molar-refractivity contribution in [3.63, 3.8) is 0 Å². The van der Waals surface area contributed by atoms with Gasteiger partial charge in [-0.25, -0.2) is 0 Å². The molecule has 4 heteroatoms. The number of carbonyl (C=O) groups excluding carboxylic acids is 1. The molecule has 4 aliphatic rings. The fourth-order valence-corrected chi connectivity index (χ4v) is 7.39. The lowest BCUT2D eigenvalue weighted by atomic mass is 9.56. The Kier molecular flexibility index (Phi) is 4.08. The third kappa shape index (κ3) is 3.07. The van der Waals surface area contributed by atoms with Crippen molar-refractivity contribution in [1.29, 1.82) is 5.26 Å². The van der Waals surface area contributed by atoms with Gasteiger partial charge in [0.15, 0.2) is 0 Å². The van der Waals surface area contributed by atoms with Crippen LogP contribution in [0.15, 0.2) is 24.3 Å². The van der Waals surface area contributed by atoms with E-state index in [9.17, 15) is 4.79 Å². The summed E-state index contributed by atoms with van der Waals surface area (Å²) < 4.78 is 0.357. The molecule has 126 valence electrons. The van der Waals surface area contributed by atoms with E-state index in [-0.39, 0.29) is 11.2 Å². The number of hydrogen-bond donors (Lipinski definition) is 1. The topological polar surface area (TPSA) is 52.9 Å². The first kappa shape index (κ1) is 16.0. The predicted molar refractivity (Wildman–Crippen MR) is 97.7 cm³/mol. The number of nitriles is 1. The molecule has 0 saturated heterocycles. The Morgan fingerprint density at radius 3 is 2.21 bits per heavy atom. The fraction of sp³-hybridized carbons (Fsp3) is 0.600. The van der Waals surface area contributed by atoms with Crippen molar-refractivity contribution < 1.29 is 4.79 Å². The molecular formula is C20H24N2OS. The van der Waals surface area contributed by atoms with Crippen LogP contribution in [0, 0.1) is 29.1 Å². The van der Waals surface area contributed by atoms with Gasteiger partial charge in [0.25, 0.3) is 0 Å². The smallest absolute Gasteiger partial charge is 0.237 e. The van der Waals surface area contributed by atoms with Gasteiger partial charge >= 0.3 is 0 Å². The number of thioether (sulfide) groups is 1. The van der Waals surface area contributed by atoms with Crippen molar-refractivity contribution in [3.8, 4) is 6.07 Å². The van der Waals surface area contributed by atoms with E-state index in [2.05, 4.69) is 11.4 Å². The lowest BCUT2D eigenvalue weighted by Crippen LogP contribution is -2.49. The molecule has 1 aromatic carbocycles. The van der Waals surface area contributed by atoms with Crippen LogP contribution in [-0.4, -0.2) is 15.9 Å². The molecule has 1 aromatic rings. The maximum absolute atomic E-state index is 12.6. The highest BCUT2D eigenvalue weighted by atomic mass is 32.2. The van der Waals surface area contributed by atoms with Crippen molar-refractivity contribution in [2.45, 2.75) is 55.4 Å². The summed E-state index contributed by atoms with van der Waals surface area (Å²) in [6.07, 6.45) is 8.26. The molecule has 4 fully saturated rings. The van der Waals surface area contributed by atoms with Crippen LogP contribution in [-0.2, 0) is 4.79 Å². The minimum absolute atomic E-state index is 0.0307. The summed E-state index contributed by atoms with van der Waals surface area (Å²) in [5, 5.41) is 11.8. The normalized spacial score (nSPS) is 34.6. The number of nitrogens with zero attached hydrogens (tertiary/aromatic N) is 1. The summed E-state index contributed by atoms with van der Waals surface area (Å²) in [6.45, 7) is 2.04. The van der Waals surface area contributed by atoms with Crippen LogP contribution >= 0.6 is 11.8 Å². The van der Waals surface area contributed by atoms with Crippen LogP contribution in [0.3, 0.4) is 0 Å². The number of carbonyl (C=O) groups is 1. The molecule has 0 aliphatic heterocycles. The first-order valence-electron chi connectivity index (χ1n) is 9.04. The third-order valence-electron chi connectivity index (χ3n) is 6.06. The van der Waals surface area contributed by atoms with E-state index in [1.165, 1.54) is 38.5 Å². The molecule has 0 radical (unpaired) electrons. The summed E-state index contributed by atoms with van der Waals surface area (Å²) >= 11 is 1.93. The van der Waals surface area contributed by atoms with Crippen LogP contribution in [0.2, 0.25) is 0 Å². The number of hydrogen-bond acceptors (Lipinski definition) is 3. The van der Waals surface area contributed by atoms with Gasteiger partial charge in [0.05, 0.1) is 16.9 Å². The van der Waals surface area contributed by atoms with E-state index in [0.717, 1.165) is 23.4 Å². The first-order valence-corrected chi connectivity index (χ1v) is 9.92. The molecule has 1 N–H and O–H groups in total. The molecule has 24 heavy (non-hydrogen) atoms. The summed E-state index contributed by atoms with van der Waals surface area (Å²) in [7, 11) is 0. The molecule has 5 rings (SSSR count). The van der Waals surface area contributed by atoms with Crippen LogP contribution < -0.4 is 5.32 Å². The highest BCUT2D eigenvalue weighted by Gasteiger charge is 2.52. The Morgan fingerprint density at radius 1 is 1.17 bits per heavy atom. The fourth-order valence-electron chi connectivity index (χ4n) is 5.48. The largest absolute Gasteiger partial charge is 0.325 e. The lowest BCUT2D eigenvalue weighted by molar-refractivity contribution is -0.115. The highest BCUT2D eigenvalue weighted by molar-refractivity contribution is 8.01. The molecule has 4 saturated carbocycles. The van der Waals surface area contributed by atoms with Crippen LogP contribution in [0.4, 0.5) is 5.69 Å². The summed E-state index contributed by atoms with van der Waals surface area (Å²) in [4.78, 5) is 12.6. The Labute approximate surface area is 148 Å². The van der Waals surface area contributed by atoms with E-state index in [4.69, 9.17) is 5.26 Å². The molecule has 1 atom stereocenters. The Hall–Kier alpha value is -1.47. The van der Waals surface area contributed by atoms with Gasteiger partial charge in [-0.2, -0.15) is 5.26 Å². The van der Waals surface area contributed by atoms with Crippen molar-refractivity contribution >= 4 is 23.4 Å². The zero-order valence-corrected chi connectivity index (χ0v) is 14.9. The zero-order chi connectivity index (χ0) is 16.7. The minimum Gasteiger partial charge on any atom is -0.325 e. The Balaban J connectivity index is 1.39. The van der Waals surface area contributed by atoms with Crippen LogP contribution in [0.1, 0.15) is 51.0 Å². The SMILES string of the molecule is C[C@H](SC12CC3CC(CC(C3)C1)C2)C(=O)Nc1ccc(C#N)cc1. The van der Waals surface area contributed by atoms with E-state index < -0.39 is 0 Å². The van der Waals surface area contributed by atoms with Gasteiger partial charge in [0.2, 0.25) is 5.91 Å². The Bertz CT molecular complexity index is 641. The third-order valence-corrected chi connectivity index (χ3v) is 7.63. The van der Waals surface area contributed by atoms with Gasteiger partial charge in [0.1, 0.15) is 0 Å². The second kappa shape index (κ2) is 6.11. The number of benzene rings is 1. The van der Waals surface area contributed by atoms with Crippen molar-refractivity contribution in [2.75, 3.05) is 5.32 Å².